The topological polar surface area (TPSA) is 12.9 Å². The van der Waals surface area contributed by atoms with Gasteiger partial charge in [-0.1, -0.05) is 86.0 Å². The van der Waals surface area contributed by atoms with Crippen LogP contribution in [0.2, 0.25) is 0 Å². The molecule has 2 rings (SSSR count). The molecule has 2 aromatic rings. The first-order valence-electron chi connectivity index (χ1n) is 10.2. The van der Waals surface area contributed by atoms with Gasteiger partial charge in [-0.05, 0) is 73.3 Å². The molecule has 30 heavy (non-hydrogen) atoms. The molecule has 0 aliphatic heterocycles. The van der Waals surface area contributed by atoms with Gasteiger partial charge >= 0.3 is 0 Å². The summed E-state index contributed by atoms with van der Waals surface area (Å²) in [7, 11) is 0. The van der Waals surface area contributed by atoms with Gasteiger partial charge in [-0.15, -0.1) is 0 Å². The van der Waals surface area contributed by atoms with Gasteiger partial charge in [-0.2, -0.15) is 0 Å². The Morgan fingerprint density at radius 1 is 0.800 bits per heavy atom. The fourth-order valence-electron chi connectivity index (χ4n) is 3.03. The number of hydrogen-bond acceptors (Lipinski definition) is 1. The first kappa shape index (κ1) is 22.8. The maximum atomic E-state index is 4.59. The maximum Gasteiger partial charge on any atom is 0.0696 e. The Bertz CT molecular complexity index is 1020. The summed E-state index contributed by atoms with van der Waals surface area (Å²) in [6.07, 6.45) is 16.5. The third-order valence-electron chi connectivity index (χ3n) is 4.86. The zero-order valence-corrected chi connectivity index (χ0v) is 18.5. The normalized spacial score (nSPS) is 13.3. The van der Waals surface area contributed by atoms with E-state index >= 15 is 0 Å². The summed E-state index contributed by atoms with van der Waals surface area (Å²) < 4.78 is 0. The number of aromatic nitrogens is 1. The van der Waals surface area contributed by atoms with Crippen LogP contribution in [0.1, 0.15) is 33.4 Å². The van der Waals surface area contributed by atoms with Crippen LogP contribution in [0.3, 0.4) is 0 Å². The Balaban J connectivity index is 2.12. The van der Waals surface area contributed by atoms with Crippen LogP contribution in [0.25, 0.3) is 16.7 Å². The quantitative estimate of drug-likeness (QED) is 0.411. The van der Waals surface area contributed by atoms with Crippen molar-refractivity contribution < 1.29 is 0 Å². The van der Waals surface area contributed by atoms with Crippen molar-refractivity contribution in [1.29, 1.82) is 0 Å². The molecule has 0 saturated carbocycles. The van der Waals surface area contributed by atoms with E-state index in [9.17, 15) is 0 Å². The second kappa shape index (κ2) is 11.5. The molecule has 0 unspecified atom stereocenters. The number of nitrogens with zero attached hydrogens (tertiary/aromatic N) is 1. The van der Waals surface area contributed by atoms with Crippen LogP contribution in [0, 0.1) is 0 Å². The van der Waals surface area contributed by atoms with Gasteiger partial charge in [0.05, 0.1) is 5.69 Å². The van der Waals surface area contributed by atoms with Crippen LogP contribution >= 0.6 is 0 Å². The first-order valence-corrected chi connectivity index (χ1v) is 10.2. The smallest absolute Gasteiger partial charge is 0.0696 e. The molecule has 1 aromatic carbocycles. The van der Waals surface area contributed by atoms with Crippen LogP contribution in [0.5, 0.6) is 0 Å². The van der Waals surface area contributed by atoms with Crippen molar-refractivity contribution >= 4 is 5.57 Å². The minimum Gasteiger partial charge on any atom is -0.256 e. The molecule has 1 aromatic heterocycles. The van der Waals surface area contributed by atoms with Crippen LogP contribution in [-0.2, 0) is 0 Å². The Labute approximate surface area is 181 Å². The molecule has 1 heterocycles. The molecule has 0 radical (unpaired) electrons. The summed E-state index contributed by atoms with van der Waals surface area (Å²) in [6.45, 7) is 16.6. The van der Waals surface area contributed by atoms with Gasteiger partial charge in [0, 0.05) is 11.8 Å². The second-order valence-electron chi connectivity index (χ2n) is 7.00. The lowest BCUT2D eigenvalue weighted by molar-refractivity contribution is 1.28. The number of benzene rings is 1. The third-order valence-corrected chi connectivity index (χ3v) is 4.86. The summed E-state index contributed by atoms with van der Waals surface area (Å²) in [5.74, 6) is 0. The molecule has 0 saturated heterocycles. The van der Waals surface area contributed by atoms with E-state index in [4.69, 9.17) is 0 Å². The summed E-state index contributed by atoms with van der Waals surface area (Å²) in [5, 5.41) is 0. The fraction of sp³-hybridized carbons (Fsp3) is 0.138. The average Bonchev–Trinajstić information content (AvgIpc) is 2.79. The molecular formula is C29H31N. The molecule has 0 amide bonds. The predicted molar refractivity (Wildman–Crippen MR) is 133 cm³/mol. The molecular weight excluding hydrogens is 362 g/mol. The average molecular weight is 394 g/mol. The van der Waals surface area contributed by atoms with Crippen LogP contribution in [0.15, 0.2) is 127 Å². The molecule has 0 bridgehead atoms. The Morgan fingerprint density at radius 3 is 2.03 bits per heavy atom. The minimum absolute atomic E-state index is 0.865. The second-order valence-corrected chi connectivity index (χ2v) is 7.00. The van der Waals surface area contributed by atoms with Gasteiger partial charge in [-0.3, -0.25) is 4.98 Å². The van der Waals surface area contributed by atoms with E-state index in [2.05, 4.69) is 60.6 Å². The molecule has 152 valence electrons. The van der Waals surface area contributed by atoms with Gasteiger partial charge < -0.3 is 0 Å². The van der Waals surface area contributed by atoms with Crippen molar-refractivity contribution in [3.05, 3.63) is 132 Å². The van der Waals surface area contributed by atoms with Crippen molar-refractivity contribution in [2.75, 3.05) is 0 Å². The van der Waals surface area contributed by atoms with Gasteiger partial charge in [0.1, 0.15) is 0 Å². The van der Waals surface area contributed by atoms with Crippen molar-refractivity contribution in [2.45, 2.75) is 27.7 Å². The summed E-state index contributed by atoms with van der Waals surface area (Å²) in [6, 6.07) is 14.3. The Kier molecular flexibility index (Phi) is 8.77. The largest absolute Gasteiger partial charge is 0.256 e. The molecule has 0 N–H and O–H groups in total. The van der Waals surface area contributed by atoms with E-state index in [1.165, 1.54) is 11.1 Å². The van der Waals surface area contributed by atoms with E-state index in [-0.39, 0.29) is 0 Å². The summed E-state index contributed by atoms with van der Waals surface area (Å²) >= 11 is 0. The fourth-order valence-corrected chi connectivity index (χ4v) is 3.03. The van der Waals surface area contributed by atoms with Gasteiger partial charge in [0.2, 0.25) is 0 Å². The lowest BCUT2D eigenvalue weighted by Gasteiger charge is -2.07. The minimum atomic E-state index is 0.865. The maximum absolute atomic E-state index is 4.59. The molecule has 1 nitrogen and oxygen atoms in total. The van der Waals surface area contributed by atoms with Crippen LogP contribution < -0.4 is 0 Å². The van der Waals surface area contributed by atoms with Crippen molar-refractivity contribution in [1.82, 2.24) is 4.98 Å². The van der Waals surface area contributed by atoms with E-state index < -0.39 is 0 Å². The van der Waals surface area contributed by atoms with Gasteiger partial charge in [0.25, 0.3) is 0 Å². The molecule has 0 fully saturated rings. The zero-order valence-electron chi connectivity index (χ0n) is 18.5. The van der Waals surface area contributed by atoms with Crippen LogP contribution in [0.4, 0.5) is 0 Å². The highest BCUT2D eigenvalue weighted by atomic mass is 14.7. The predicted octanol–water partition coefficient (Wildman–Crippen LogP) is 8.29. The molecule has 0 atom stereocenters. The lowest BCUT2D eigenvalue weighted by atomic mass is 10.0. The van der Waals surface area contributed by atoms with Gasteiger partial charge in [0.15, 0.2) is 0 Å². The lowest BCUT2D eigenvalue weighted by Crippen LogP contribution is -1.89. The van der Waals surface area contributed by atoms with E-state index in [0.717, 1.165) is 33.5 Å². The Morgan fingerprint density at radius 2 is 1.47 bits per heavy atom. The van der Waals surface area contributed by atoms with Gasteiger partial charge in [-0.25, -0.2) is 0 Å². The number of rotatable bonds is 8. The number of hydrogen-bond donors (Lipinski definition) is 0. The molecule has 0 spiro atoms. The SMILES string of the molecule is C=C(\C=C/C(=C\C)C(/C=C\C)=C/C)/C(C)=C/C(=C)c1ccc(-c2ccccc2)cn1. The standard InChI is InChI=1S/C29H31N/c1-7-13-25(8-2)26(9-3)17-16-22(4)23(5)20-24(6)29-19-18-28(21-30-29)27-14-11-10-12-15-27/h7-21H,4,6H2,1-3,5H3/b13-7-,17-16-,23-20+,25-8+,26-9+. The zero-order chi connectivity index (χ0) is 21.9. The summed E-state index contributed by atoms with van der Waals surface area (Å²) in [5.41, 5.74) is 8.37. The highest BCUT2D eigenvalue weighted by Crippen LogP contribution is 2.22. The van der Waals surface area contributed by atoms with E-state index in [1.54, 1.807) is 0 Å². The van der Waals surface area contributed by atoms with Crippen molar-refractivity contribution in [2.24, 2.45) is 0 Å². The molecule has 0 aliphatic rings. The highest BCUT2D eigenvalue weighted by molar-refractivity contribution is 5.73. The first-order chi connectivity index (χ1) is 14.5. The van der Waals surface area contributed by atoms with E-state index in [1.807, 2.05) is 76.4 Å². The van der Waals surface area contributed by atoms with Crippen LogP contribution in [-0.4, -0.2) is 4.98 Å². The monoisotopic (exact) mass is 393 g/mol. The number of pyridine rings is 1. The number of allylic oxidation sites excluding steroid dienone is 12. The van der Waals surface area contributed by atoms with E-state index in [0.29, 0.717) is 0 Å². The highest BCUT2D eigenvalue weighted by Gasteiger charge is 2.03. The Hall–Kier alpha value is -3.45. The van der Waals surface area contributed by atoms with Crippen molar-refractivity contribution in [3.8, 4) is 11.1 Å². The van der Waals surface area contributed by atoms with Crippen molar-refractivity contribution in [3.63, 3.8) is 0 Å². The molecule has 0 aliphatic carbocycles. The summed E-state index contributed by atoms with van der Waals surface area (Å²) in [4.78, 5) is 4.59. The molecule has 1 heteroatoms. The third kappa shape index (κ3) is 6.28.